The van der Waals surface area contributed by atoms with Crippen LogP contribution in [0, 0.1) is 0 Å². The van der Waals surface area contributed by atoms with E-state index in [-0.39, 0.29) is 0 Å². The summed E-state index contributed by atoms with van der Waals surface area (Å²) < 4.78 is 27.2. The highest BCUT2D eigenvalue weighted by atomic mass is 32.2. The molecule has 1 atom stereocenters. The molecule has 0 bridgehead atoms. The minimum atomic E-state index is -5.05. The van der Waals surface area contributed by atoms with Crippen molar-refractivity contribution in [3.63, 3.8) is 0 Å². The molecule has 14 heavy (non-hydrogen) atoms. The molecular weight excluding hydrogens is 216 g/mol. The van der Waals surface area contributed by atoms with E-state index in [0.29, 0.717) is 0 Å². The fourth-order valence-corrected chi connectivity index (χ4v) is 1.83. The number of aliphatic carboxylic acids is 2. The van der Waals surface area contributed by atoms with Gasteiger partial charge in [-0.05, 0) is 6.42 Å². The van der Waals surface area contributed by atoms with E-state index in [1.807, 2.05) is 0 Å². The van der Waals surface area contributed by atoms with Crippen LogP contribution in [0.5, 0.6) is 0 Å². The maximum Gasteiger partial charge on any atom is 0.276 e. The number of carbonyl (C=O) groups is 2. The minimum Gasteiger partial charge on any atom is -0.550 e. The second kappa shape index (κ2) is 3.93. The van der Waals surface area contributed by atoms with E-state index in [4.69, 9.17) is 4.55 Å². The summed E-state index contributed by atoms with van der Waals surface area (Å²) in [6.07, 6.45) is -1.97. The van der Waals surface area contributed by atoms with Crippen LogP contribution in [0.25, 0.3) is 0 Å². The van der Waals surface area contributed by atoms with Crippen LogP contribution in [0.1, 0.15) is 19.8 Å². The Balaban J connectivity index is 5.44. The normalized spacial score (nSPS) is 15.9. The Morgan fingerprint density at radius 2 is 1.79 bits per heavy atom. The van der Waals surface area contributed by atoms with Crippen LogP contribution >= 0.6 is 0 Å². The average molecular weight is 224 g/mol. The first-order chi connectivity index (χ1) is 6.17. The van der Waals surface area contributed by atoms with Crippen LogP contribution in [0.3, 0.4) is 0 Å². The van der Waals surface area contributed by atoms with Crippen molar-refractivity contribution in [1.29, 1.82) is 0 Å². The summed E-state index contributed by atoms with van der Waals surface area (Å²) in [6.45, 7) is 1.10. The fourth-order valence-electron chi connectivity index (χ4n) is 0.954. The molecule has 0 saturated heterocycles. The highest BCUT2D eigenvalue weighted by Crippen LogP contribution is 2.24. The minimum absolute atomic E-state index is 0.623. The van der Waals surface area contributed by atoms with E-state index in [9.17, 15) is 28.2 Å². The molecule has 0 aliphatic carbocycles. The topological polar surface area (TPSA) is 135 Å². The molecule has 0 aliphatic heterocycles. The molecule has 0 saturated carbocycles. The van der Waals surface area contributed by atoms with Crippen molar-refractivity contribution in [3.8, 4) is 0 Å². The zero-order valence-corrected chi connectivity index (χ0v) is 8.04. The van der Waals surface area contributed by atoms with Crippen molar-refractivity contribution >= 4 is 22.1 Å². The Kier molecular flexibility index (Phi) is 3.60. The molecule has 0 rings (SSSR count). The lowest BCUT2D eigenvalue weighted by Gasteiger charge is -2.30. The molecule has 0 heterocycles. The van der Waals surface area contributed by atoms with Gasteiger partial charge in [0.15, 0.2) is 0 Å². The highest BCUT2D eigenvalue weighted by Gasteiger charge is 2.43. The first kappa shape index (κ1) is 12.8. The molecule has 0 aromatic heterocycles. The van der Waals surface area contributed by atoms with Crippen molar-refractivity contribution in [3.05, 3.63) is 0 Å². The Labute approximate surface area is 80.1 Å². The second-order valence-electron chi connectivity index (χ2n) is 2.66. The van der Waals surface area contributed by atoms with Gasteiger partial charge in [0.05, 0.1) is 5.97 Å². The lowest BCUT2D eigenvalue weighted by molar-refractivity contribution is -0.318. The maximum absolute atomic E-state index is 10.7. The molecule has 8 heteroatoms. The molecule has 1 unspecified atom stereocenters. The Morgan fingerprint density at radius 1 is 1.36 bits per heavy atom. The van der Waals surface area contributed by atoms with Gasteiger partial charge < -0.3 is 19.8 Å². The van der Waals surface area contributed by atoms with Crippen molar-refractivity contribution < 1.29 is 32.8 Å². The van der Waals surface area contributed by atoms with Crippen LogP contribution in [-0.2, 0) is 19.7 Å². The van der Waals surface area contributed by atoms with Crippen LogP contribution in [-0.4, -0.2) is 29.7 Å². The van der Waals surface area contributed by atoms with E-state index in [0.717, 1.165) is 6.92 Å². The van der Waals surface area contributed by atoms with E-state index in [1.165, 1.54) is 0 Å². The van der Waals surface area contributed by atoms with Gasteiger partial charge >= 0.3 is 0 Å². The lowest BCUT2D eigenvalue weighted by atomic mass is 10.0. The third-order valence-electron chi connectivity index (χ3n) is 1.87. The number of hydrogen-bond donors (Lipinski definition) is 1. The van der Waals surface area contributed by atoms with Gasteiger partial charge in [-0.25, -0.2) is 0 Å². The van der Waals surface area contributed by atoms with E-state index >= 15 is 0 Å². The predicted octanol–water partition coefficient (Wildman–Crippen LogP) is -3.09. The van der Waals surface area contributed by atoms with Gasteiger partial charge in [0.25, 0.3) is 10.1 Å². The largest absolute Gasteiger partial charge is 0.550 e. The monoisotopic (exact) mass is 224 g/mol. The SMILES string of the molecule is CCC(CC(=O)[O-])(C(=O)[O-])S(=O)(=O)O. The summed E-state index contributed by atoms with van der Waals surface area (Å²) in [5.74, 6) is -4.06. The molecule has 0 aromatic carbocycles. The number of rotatable bonds is 5. The fraction of sp³-hybridized carbons (Fsp3) is 0.667. The number of hydrogen-bond acceptors (Lipinski definition) is 6. The van der Waals surface area contributed by atoms with Gasteiger partial charge in [-0.2, -0.15) is 8.42 Å². The van der Waals surface area contributed by atoms with Gasteiger partial charge in [0, 0.05) is 12.4 Å². The van der Waals surface area contributed by atoms with Crippen LogP contribution in [0.15, 0.2) is 0 Å². The summed E-state index contributed by atoms with van der Waals surface area (Å²) in [7, 11) is -5.05. The van der Waals surface area contributed by atoms with Gasteiger partial charge in [0.1, 0.15) is 4.75 Å². The summed E-state index contributed by atoms with van der Waals surface area (Å²) in [5.41, 5.74) is 0. The molecule has 7 nitrogen and oxygen atoms in total. The quantitative estimate of drug-likeness (QED) is 0.489. The molecule has 82 valence electrons. The third-order valence-corrected chi connectivity index (χ3v) is 3.45. The second-order valence-corrected chi connectivity index (χ2v) is 4.39. The number of carboxylic acid groups (broad SMARTS) is 2. The molecule has 0 fully saturated rings. The van der Waals surface area contributed by atoms with Gasteiger partial charge in [-0.1, -0.05) is 6.92 Å². The first-order valence-corrected chi connectivity index (χ1v) is 4.99. The Morgan fingerprint density at radius 3 is 1.86 bits per heavy atom. The predicted molar refractivity (Wildman–Crippen MR) is 39.2 cm³/mol. The number of carboxylic acids is 2. The van der Waals surface area contributed by atoms with Gasteiger partial charge in [-0.3, -0.25) is 4.55 Å². The van der Waals surface area contributed by atoms with Crippen molar-refractivity contribution in [2.45, 2.75) is 24.5 Å². The molecule has 1 N–H and O–H groups in total. The number of carbonyl (C=O) groups excluding carboxylic acids is 2. The van der Waals surface area contributed by atoms with E-state index in [2.05, 4.69) is 0 Å². The van der Waals surface area contributed by atoms with Crippen molar-refractivity contribution in [2.24, 2.45) is 0 Å². The standard InChI is InChI=1S/C6H10O7S/c1-2-6(5(9)10,3-4(7)8)14(11,12)13/h2-3H2,1H3,(H,7,8)(H,9,10)(H,11,12,13)/p-2. The van der Waals surface area contributed by atoms with E-state index < -0.39 is 39.6 Å². The smallest absolute Gasteiger partial charge is 0.276 e. The summed E-state index contributed by atoms with van der Waals surface area (Å²) >= 11 is 0. The maximum atomic E-state index is 10.7. The van der Waals surface area contributed by atoms with Gasteiger partial charge in [-0.15, -0.1) is 0 Å². The van der Waals surface area contributed by atoms with Crippen LogP contribution in [0.4, 0.5) is 0 Å². The molecular formula is C6H8O7S-2. The molecule has 0 spiro atoms. The molecule has 0 amide bonds. The van der Waals surface area contributed by atoms with Crippen molar-refractivity contribution in [2.75, 3.05) is 0 Å². The van der Waals surface area contributed by atoms with E-state index in [1.54, 1.807) is 0 Å². The summed E-state index contributed by atoms with van der Waals surface area (Å²) in [5, 5.41) is 20.6. The lowest BCUT2D eigenvalue weighted by Crippen LogP contribution is -2.55. The van der Waals surface area contributed by atoms with Crippen LogP contribution < -0.4 is 10.2 Å². The molecule has 0 aliphatic rings. The first-order valence-electron chi connectivity index (χ1n) is 3.55. The Bertz CT molecular complexity index is 343. The molecule has 0 aromatic rings. The Hall–Kier alpha value is -1.15. The molecule has 0 radical (unpaired) electrons. The zero-order valence-electron chi connectivity index (χ0n) is 7.22. The third kappa shape index (κ3) is 2.20. The van der Waals surface area contributed by atoms with Crippen LogP contribution in [0.2, 0.25) is 0 Å². The summed E-state index contributed by atoms with van der Waals surface area (Å²) in [6, 6.07) is 0. The highest BCUT2D eigenvalue weighted by molar-refractivity contribution is 7.88. The van der Waals surface area contributed by atoms with Gasteiger partial charge in [0.2, 0.25) is 0 Å². The zero-order chi connectivity index (χ0) is 11.6. The average Bonchev–Trinajstić information content (AvgIpc) is 1.96. The van der Waals surface area contributed by atoms with Crippen molar-refractivity contribution in [1.82, 2.24) is 0 Å². The summed E-state index contributed by atoms with van der Waals surface area (Å²) in [4.78, 5) is 20.6.